The minimum Gasteiger partial charge on any atom is -0.465 e. The highest BCUT2D eigenvalue weighted by Gasteiger charge is 2.53. The first kappa shape index (κ1) is 26.3. The number of para-hydroxylation sites is 1. The topological polar surface area (TPSA) is 149 Å². The molecule has 11 nitrogen and oxygen atoms in total. The summed E-state index contributed by atoms with van der Waals surface area (Å²) in [6, 6.07) is 8.98. The van der Waals surface area contributed by atoms with Gasteiger partial charge in [0.2, 0.25) is 0 Å². The van der Waals surface area contributed by atoms with Gasteiger partial charge in [-0.05, 0) is 37.7 Å². The zero-order chi connectivity index (χ0) is 29.0. The van der Waals surface area contributed by atoms with Gasteiger partial charge in [0.1, 0.15) is 23.6 Å². The highest BCUT2D eigenvalue weighted by atomic mass is 32.1. The molecule has 1 fully saturated rings. The Hall–Kier alpha value is -2.34. The number of aromatic amines is 1. The van der Waals surface area contributed by atoms with Gasteiger partial charge in [0.15, 0.2) is 11.0 Å². The van der Waals surface area contributed by atoms with Crippen molar-refractivity contribution in [3.8, 4) is 5.75 Å². The smallest absolute Gasteiger partial charge is 0.380 e. The third-order valence-electron chi connectivity index (χ3n) is 5.70. The van der Waals surface area contributed by atoms with Crippen LogP contribution in [0.15, 0.2) is 47.4 Å². The Bertz CT molecular complexity index is 1300. The molecule has 0 radical (unpaired) electrons. The molecule has 37 heavy (non-hydrogen) atoms. The molecule has 1 aromatic carbocycles. The number of aromatic nitrogens is 2. The van der Waals surface area contributed by atoms with E-state index in [1.807, 2.05) is 6.92 Å². The van der Waals surface area contributed by atoms with Crippen LogP contribution in [0.25, 0.3) is 0 Å². The van der Waals surface area contributed by atoms with Gasteiger partial charge in [-0.3, -0.25) is 23.7 Å². The predicted molar refractivity (Wildman–Crippen MR) is 137 cm³/mol. The molecule has 1 unspecified atom stereocenters. The number of hydrogen-bond donors (Lipinski definition) is 3. The number of ether oxygens (including phenoxy) is 2. The van der Waals surface area contributed by atoms with Crippen molar-refractivity contribution in [2.75, 3.05) is 19.3 Å². The lowest BCUT2D eigenvalue weighted by Gasteiger charge is -2.28. The van der Waals surface area contributed by atoms with E-state index in [2.05, 4.69) is 4.98 Å². The summed E-state index contributed by atoms with van der Waals surface area (Å²) in [5.41, 5.74) is -2.62. The van der Waals surface area contributed by atoms with Crippen LogP contribution in [0, 0.1) is 10.7 Å². The van der Waals surface area contributed by atoms with Gasteiger partial charge in [0.05, 0.1) is 28.0 Å². The SMILES string of the molecule is [2H]C([2H])(O[P@](=O)(C[C@@H](C)C(=O)OCCCC)Oc1ccccc1)[C@H]1O[C@@H](n2ccc(=O)[nH]c2=S)C(C)(O)[C@H]1O. The number of H-pyrrole nitrogens is 1. The van der Waals surface area contributed by atoms with Crippen molar-refractivity contribution in [3.63, 3.8) is 0 Å². The Kier molecular flexibility index (Phi) is 8.85. The third kappa shape index (κ3) is 7.37. The van der Waals surface area contributed by atoms with Gasteiger partial charge >= 0.3 is 13.6 Å². The van der Waals surface area contributed by atoms with Crippen molar-refractivity contribution < 1.29 is 40.8 Å². The molecule has 204 valence electrons. The highest BCUT2D eigenvalue weighted by Crippen LogP contribution is 2.51. The molecule has 0 amide bonds. The quantitative estimate of drug-likeness (QED) is 0.153. The van der Waals surface area contributed by atoms with Gasteiger partial charge in [-0.1, -0.05) is 38.5 Å². The van der Waals surface area contributed by atoms with Crippen LogP contribution in [0.3, 0.4) is 0 Å². The molecule has 0 saturated carbocycles. The fourth-order valence-electron chi connectivity index (χ4n) is 3.59. The lowest BCUT2D eigenvalue weighted by Crippen LogP contribution is -2.44. The average Bonchev–Trinajstić information content (AvgIpc) is 3.08. The van der Waals surface area contributed by atoms with Gasteiger partial charge in [-0.15, -0.1) is 0 Å². The lowest BCUT2D eigenvalue weighted by atomic mass is 9.96. The van der Waals surface area contributed by atoms with Crippen molar-refractivity contribution in [1.82, 2.24) is 9.55 Å². The molecule has 13 heteroatoms. The van der Waals surface area contributed by atoms with Crippen LogP contribution in [0.4, 0.5) is 0 Å². The van der Waals surface area contributed by atoms with E-state index in [0.717, 1.165) is 17.1 Å². The van der Waals surface area contributed by atoms with Crippen LogP contribution in [0.2, 0.25) is 0 Å². The second kappa shape index (κ2) is 12.5. The summed E-state index contributed by atoms with van der Waals surface area (Å²) in [6.45, 7) is 1.75. The van der Waals surface area contributed by atoms with Gasteiger partial charge in [-0.25, -0.2) is 4.57 Å². The summed E-state index contributed by atoms with van der Waals surface area (Å²) in [5, 5.41) is 21.9. The van der Waals surface area contributed by atoms with Crippen LogP contribution < -0.4 is 10.1 Å². The number of benzene rings is 1. The maximum Gasteiger partial charge on any atom is 0.380 e. The van der Waals surface area contributed by atoms with Gasteiger partial charge in [0, 0.05) is 12.3 Å². The predicted octanol–water partition coefficient (Wildman–Crippen LogP) is 3.18. The van der Waals surface area contributed by atoms with Crippen molar-refractivity contribution in [2.24, 2.45) is 5.92 Å². The number of nitrogens with one attached hydrogen (secondary N) is 1. The number of nitrogens with zero attached hydrogens (tertiary/aromatic N) is 1. The highest BCUT2D eigenvalue weighted by molar-refractivity contribution is 7.71. The molecule has 6 atom stereocenters. The molecule has 1 aromatic heterocycles. The third-order valence-corrected chi connectivity index (χ3v) is 7.88. The van der Waals surface area contributed by atoms with E-state index in [1.54, 1.807) is 18.2 Å². The number of esters is 1. The molecule has 2 heterocycles. The molecule has 1 saturated heterocycles. The minimum absolute atomic E-state index is 0.0977. The van der Waals surface area contributed by atoms with E-state index in [9.17, 15) is 24.4 Å². The number of aliphatic hydroxyl groups is 2. The number of carbonyl (C=O) groups is 1. The number of aliphatic hydroxyl groups excluding tert-OH is 1. The molecular formula is C24H33N2O9PS. The Labute approximate surface area is 222 Å². The fraction of sp³-hybridized carbons (Fsp3) is 0.542. The van der Waals surface area contributed by atoms with Crippen molar-refractivity contribution >= 4 is 25.8 Å². The minimum atomic E-state index is -4.46. The average molecular weight is 559 g/mol. The second-order valence-electron chi connectivity index (χ2n) is 8.93. The summed E-state index contributed by atoms with van der Waals surface area (Å²) in [7, 11) is -4.46. The monoisotopic (exact) mass is 558 g/mol. The summed E-state index contributed by atoms with van der Waals surface area (Å²) >= 11 is 5.12. The fourth-order valence-corrected chi connectivity index (χ4v) is 5.56. The first-order chi connectivity index (χ1) is 18.2. The van der Waals surface area contributed by atoms with Crippen LogP contribution >= 0.6 is 19.8 Å². The second-order valence-corrected chi connectivity index (χ2v) is 11.3. The maximum absolute atomic E-state index is 14.0. The summed E-state index contributed by atoms with van der Waals surface area (Å²) < 4.78 is 54.0. The van der Waals surface area contributed by atoms with Crippen molar-refractivity contribution in [3.05, 3.63) is 57.7 Å². The van der Waals surface area contributed by atoms with Crippen LogP contribution in [-0.2, 0) is 23.4 Å². The number of hydrogen-bond acceptors (Lipinski definition) is 10. The summed E-state index contributed by atoms with van der Waals surface area (Å²) in [6.07, 6.45) is -3.09. The molecule has 3 N–H and O–H groups in total. The zero-order valence-electron chi connectivity index (χ0n) is 22.7. The van der Waals surface area contributed by atoms with Crippen LogP contribution in [0.1, 0.15) is 42.6 Å². The van der Waals surface area contributed by atoms with E-state index >= 15 is 0 Å². The Balaban J connectivity index is 1.89. The van der Waals surface area contributed by atoms with E-state index in [0.29, 0.717) is 6.42 Å². The van der Waals surface area contributed by atoms with Gasteiger partial charge in [-0.2, -0.15) is 0 Å². The number of rotatable bonds is 12. The van der Waals surface area contributed by atoms with Crippen LogP contribution in [0.5, 0.6) is 5.75 Å². The van der Waals surface area contributed by atoms with Gasteiger partial charge in [0.25, 0.3) is 5.56 Å². The molecule has 0 spiro atoms. The van der Waals surface area contributed by atoms with E-state index in [-0.39, 0.29) is 17.1 Å². The Morgan fingerprint density at radius 1 is 1.38 bits per heavy atom. The maximum atomic E-state index is 14.0. The number of unbranched alkanes of at least 4 members (excludes halogenated alkanes) is 1. The van der Waals surface area contributed by atoms with Crippen LogP contribution in [-0.4, -0.2) is 62.9 Å². The van der Waals surface area contributed by atoms with Crippen molar-refractivity contribution in [2.45, 2.75) is 57.6 Å². The molecule has 1 aliphatic heterocycles. The van der Waals surface area contributed by atoms with Crippen molar-refractivity contribution in [1.29, 1.82) is 0 Å². The Morgan fingerprint density at radius 2 is 2.08 bits per heavy atom. The standard InChI is InChI=1S/C24H33N2O9PS/c1-4-5-13-32-21(29)16(2)15-36(31,35-17-9-7-6-8-10-17)33-14-18-20(28)24(3,30)22(34-18)26-12-11-19(27)25-23(26)37/h6-12,16,18,20,22,28,30H,4-5,13-15H2,1-3H3,(H,25,27,37)/t16-,18-,20+,22-,24?,36-/m1/s1/i14D2. The largest absolute Gasteiger partial charge is 0.465 e. The summed E-state index contributed by atoms with van der Waals surface area (Å²) in [4.78, 5) is 26.4. The zero-order valence-corrected chi connectivity index (χ0v) is 22.4. The van der Waals surface area contributed by atoms with E-state index in [1.165, 1.54) is 32.2 Å². The van der Waals surface area contributed by atoms with E-state index in [4.69, 9.17) is 33.5 Å². The molecule has 1 aliphatic rings. The molecule has 2 aromatic rings. The first-order valence-electron chi connectivity index (χ1n) is 12.8. The van der Waals surface area contributed by atoms with E-state index < -0.39 is 61.8 Å². The molecule has 3 rings (SSSR count). The first-order valence-corrected chi connectivity index (χ1v) is 13.9. The lowest BCUT2D eigenvalue weighted by molar-refractivity contribution is -0.147. The molecule has 0 aliphatic carbocycles. The normalized spacial score (nSPS) is 27.0. The number of carbonyl (C=O) groups excluding carboxylic acids is 1. The molecule has 0 bridgehead atoms. The summed E-state index contributed by atoms with van der Waals surface area (Å²) in [5.74, 6) is -1.55. The Morgan fingerprint density at radius 3 is 2.73 bits per heavy atom. The van der Waals surface area contributed by atoms with Gasteiger partial charge < -0.3 is 24.2 Å². The molecular weight excluding hydrogens is 523 g/mol.